The number of benzene rings is 1. The zero-order valence-corrected chi connectivity index (χ0v) is 13.8. The topological polar surface area (TPSA) is 34.1 Å². The zero-order chi connectivity index (χ0) is 14.5. The summed E-state index contributed by atoms with van der Waals surface area (Å²) in [5.74, 6) is 2.11. The highest BCUT2D eigenvalue weighted by molar-refractivity contribution is 7.99. The molecule has 0 amide bonds. The third-order valence-corrected chi connectivity index (χ3v) is 5.53. The van der Waals surface area contributed by atoms with Crippen LogP contribution in [0.4, 0.5) is 0 Å². The van der Waals surface area contributed by atoms with Gasteiger partial charge in [-0.1, -0.05) is 37.3 Å². The molecule has 1 atom stereocenters. The first-order valence-corrected chi connectivity index (χ1v) is 9.30. The second-order valence-corrected chi connectivity index (χ2v) is 7.17. The molecule has 3 nitrogen and oxygen atoms in total. The first-order valence-electron chi connectivity index (χ1n) is 7.33. The smallest absolute Gasteiger partial charge is 0.123 e. The van der Waals surface area contributed by atoms with Gasteiger partial charge in [0.15, 0.2) is 0 Å². The van der Waals surface area contributed by atoms with Gasteiger partial charge in [0.2, 0.25) is 0 Å². The van der Waals surface area contributed by atoms with Crippen LogP contribution in [0, 0.1) is 0 Å². The predicted octanol–water partition coefficient (Wildman–Crippen LogP) is 3.72. The molecular formula is C16H20N2OS2. The maximum atomic E-state index is 5.88. The number of hydrogen-bond donors (Lipinski definition) is 1. The molecule has 2 aromatic rings. The lowest BCUT2D eigenvalue weighted by atomic mass is 10.1. The molecule has 0 radical (unpaired) electrons. The highest BCUT2D eigenvalue weighted by Gasteiger charge is 2.22. The molecule has 1 aromatic carbocycles. The largest absolute Gasteiger partial charge is 0.369 e. The normalized spacial score (nSPS) is 18.8. The third-order valence-electron chi connectivity index (χ3n) is 3.39. The van der Waals surface area contributed by atoms with Crippen LogP contribution in [0.3, 0.4) is 0 Å². The fraction of sp³-hybridized carbons (Fsp3) is 0.438. The number of hydrogen-bond acceptors (Lipinski definition) is 5. The molecule has 112 valence electrons. The van der Waals surface area contributed by atoms with E-state index < -0.39 is 0 Å². The van der Waals surface area contributed by atoms with Crippen molar-refractivity contribution in [3.05, 3.63) is 40.2 Å². The van der Waals surface area contributed by atoms with Crippen molar-refractivity contribution in [3.63, 3.8) is 0 Å². The van der Waals surface area contributed by atoms with E-state index in [9.17, 15) is 0 Å². The molecule has 1 aromatic heterocycles. The van der Waals surface area contributed by atoms with Crippen LogP contribution in [0.15, 0.2) is 30.3 Å². The Morgan fingerprint density at radius 3 is 2.90 bits per heavy atom. The monoisotopic (exact) mass is 320 g/mol. The quantitative estimate of drug-likeness (QED) is 0.910. The number of aromatic nitrogens is 1. The van der Waals surface area contributed by atoms with Crippen LogP contribution in [0.1, 0.15) is 22.9 Å². The van der Waals surface area contributed by atoms with Crippen molar-refractivity contribution in [2.24, 2.45) is 0 Å². The van der Waals surface area contributed by atoms with Gasteiger partial charge in [0.1, 0.15) is 11.1 Å². The lowest BCUT2D eigenvalue weighted by molar-refractivity contribution is 0.0756. The van der Waals surface area contributed by atoms with Crippen LogP contribution < -0.4 is 5.32 Å². The molecule has 1 saturated heterocycles. The summed E-state index contributed by atoms with van der Waals surface area (Å²) in [6, 6.07) is 10.4. The SMILES string of the molecule is CCNCc1sc(C2CSCCO2)nc1-c1ccccc1. The van der Waals surface area contributed by atoms with Crippen LogP contribution >= 0.6 is 23.1 Å². The molecule has 0 saturated carbocycles. The van der Waals surface area contributed by atoms with Gasteiger partial charge in [-0.3, -0.25) is 0 Å². The highest BCUT2D eigenvalue weighted by Crippen LogP contribution is 2.35. The fourth-order valence-electron chi connectivity index (χ4n) is 2.32. The van der Waals surface area contributed by atoms with Crippen molar-refractivity contribution in [2.45, 2.75) is 19.6 Å². The summed E-state index contributed by atoms with van der Waals surface area (Å²) in [6.45, 7) is 4.80. The Morgan fingerprint density at radius 2 is 2.19 bits per heavy atom. The Labute approximate surface area is 134 Å². The summed E-state index contributed by atoms with van der Waals surface area (Å²) < 4.78 is 5.88. The van der Waals surface area contributed by atoms with E-state index in [1.807, 2.05) is 17.8 Å². The fourth-order valence-corrected chi connectivity index (χ4v) is 4.38. The van der Waals surface area contributed by atoms with E-state index in [1.54, 1.807) is 11.3 Å². The van der Waals surface area contributed by atoms with Gasteiger partial charge in [-0.2, -0.15) is 11.8 Å². The predicted molar refractivity (Wildman–Crippen MR) is 90.9 cm³/mol. The Morgan fingerprint density at radius 1 is 1.33 bits per heavy atom. The van der Waals surface area contributed by atoms with E-state index in [4.69, 9.17) is 9.72 Å². The van der Waals surface area contributed by atoms with E-state index in [0.29, 0.717) is 0 Å². The molecule has 5 heteroatoms. The summed E-state index contributed by atoms with van der Waals surface area (Å²) in [5, 5.41) is 4.53. The van der Waals surface area contributed by atoms with E-state index in [0.717, 1.165) is 41.9 Å². The number of thioether (sulfide) groups is 1. The van der Waals surface area contributed by atoms with Crippen molar-refractivity contribution >= 4 is 23.1 Å². The van der Waals surface area contributed by atoms with Gasteiger partial charge in [0, 0.05) is 28.5 Å². The Balaban J connectivity index is 1.90. The van der Waals surface area contributed by atoms with Gasteiger partial charge in [-0.05, 0) is 6.54 Å². The van der Waals surface area contributed by atoms with Crippen molar-refractivity contribution in [2.75, 3.05) is 24.7 Å². The molecule has 0 spiro atoms. The van der Waals surface area contributed by atoms with E-state index >= 15 is 0 Å². The molecule has 0 aliphatic carbocycles. The lowest BCUT2D eigenvalue weighted by Gasteiger charge is -2.19. The standard InChI is InChI=1S/C16H20N2OS2/c1-2-17-10-14-15(12-6-4-3-5-7-12)18-16(21-14)13-11-20-9-8-19-13/h3-7,13,17H,2,8-11H2,1H3. The van der Waals surface area contributed by atoms with Gasteiger partial charge < -0.3 is 10.1 Å². The van der Waals surface area contributed by atoms with Crippen molar-refractivity contribution in [1.82, 2.24) is 10.3 Å². The van der Waals surface area contributed by atoms with Crippen LogP contribution in [-0.4, -0.2) is 29.6 Å². The number of ether oxygens (including phenoxy) is 1. The number of nitrogens with zero attached hydrogens (tertiary/aromatic N) is 1. The number of thiazole rings is 1. The van der Waals surface area contributed by atoms with Crippen LogP contribution in [0.25, 0.3) is 11.3 Å². The summed E-state index contributed by atoms with van der Waals surface area (Å²) in [7, 11) is 0. The zero-order valence-electron chi connectivity index (χ0n) is 12.2. The van der Waals surface area contributed by atoms with Gasteiger partial charge in [-0.25, -0.2) is 4.98 Å². The molecule has 3 rings (SSSR count). The molecule has 1 unspecified atom stereocenters. The lowest BCUT2D eigenvalue weighted by Crippen LogP contribution is -2.15. The second-order valence-electron chi connectivity index (χ2n) is 4.90. The van der Waals surface area contributed by atoms with E-state index in [1.165, 1.54) is 10.4 Å². The van der Waals surface area contributed by atoms with Crippen LogP contribution in [0.2, 0.25) is 0 Å². The molecule has 0 bridgehead atoms. The van der Waals surface area contributed by atoms with Crippen molar-refractivity contribution < 1.29 is 4.74 Å². The minimum absolute atomic E-state index is 0.159. The molecule has 21 heavy (non-hydrogen) atoms. The maximum absolute atomic E-state index is 5.88. The highest BCUT2D eigenvalue weighted by atomic mass is 32.2. The summed E-state index contributed by atoms with van der Waals surface area (Å²) in [5.41, 5.74) is 2.30. The van der Waals surface area contributed by atoms with Gasteiger partial charge in [0.05, 0.1) is 12.3 Å². The summed E-state index contributed by atoms with van der Waals surface area (Å²) in [6.07, 6.45) is 0.159. The first kappa shape index (κ1) is 15.0. The Bertz CT molecular complexity index is 565. The van der Waals surface area contributed by atoms with E-state index in [-0.39, 0.29) is 6.10 Å². The molecule has 2 heterocycles. The average molecular weight is 320 g/mol. The van der Waals surface area contributed by atoms with Gasteiger partial charge in [-0.15, -0.1) is 11.3 Å². The Kier molecular flexibility index (Phi) is 5.30. The molecule has 1 aliphatic rings. The van der Waals surface area contributed by atoms with E-state index in [2.05, 4.69) is 36.5 Å². The minimum atomic E-state index is 0.159. The molecule has 1 fully saturated rings. The van der Waals surface area contributed by atoms with Crippen molar-refractivity contribution in [1.29, 1.82) is 0 Å². The maximum Gasteiger partial charge on any atom is 0.123 e. The molecule has 1 aliphatic heterocycles. The second kappa shape index (κ2) is 7.40. The van der Waals surface area contributed by atoms with Crippen LogP contribution in [-0.2, 0) is 11.3 Å². The van der Waals surface area contributed by atoms with Crippen LogP contribution in [0.5, 0.6) is 0 Å². The van der Waals surface area contributed by atoms with Gasteiger partial charge >= 0.3 is 0 Å². The summed E-state index contributed by atoms with van der Waals surface area (Å²) in [4.78, 5) is 6.20. The Hall–Kier alpha value is -0.880. The number of nitrogens with one attached hydrogen (secondary N) is 1. The van der Waals surface area contributed by atoms with Crippen molar-refractivity contribution in [3.8, 4) is 11.3 Å². The third kappa shape index (κ3) is 3.66. The molecular weight excluding hydrogens is 300 g/mol. The average Bonchev–Trinajstić information content (AvgIpc) is 2.99. The summed E-state index contributed by atoms with van der Waals surface area (Å²) >= 11 is 3.74. The molecule has 1 N–H and O–H groups in total. The minimum Gasteiger partial charge on any atom is -0.369 e. The first-order chi connectivity index (χ1) is 10.4. The van der Waals surface area contributed by atoms with Gasteiger partial charge in [0.25, 0.3) is 0 Å². The number of rotatable bonds is 5.